The summed E-state index contributed by atoms with van der Waals surface area (Å²) >= 11 is 3.36. The molecule has 3 rings (SSSR count). The third-order valence-electron chi connectivity index (χ3n) is 3.16. The maximum Gasteiger partial charge on any atom is 0.275 e. The van der Waals surface area contributed by atoms with Gasteiger partial charge in [0.2, 0.25) is 0 Å². The van der Waals surface area contributed by atoms with Crippen LogP contribution < -0.4 is 10.6 Å². The molecule has 0 aliphatic rings. The van der Waals surface area contributed by atoms with Gasteiger partial charge in [-0.1, -0.05) is 28.1 Å². The highest BCUT2D eigenvalue weighted by atomic mass is 79.9. The summed E-state index contributed by atoms with van der Waals surface area (Å²) in [6.07, 6.45) is 6.48. The van der Waals surface area contributed by atoms with Crippen molar-refractivity contribution in [3.63, 3.8) is 0 Å². The van der Waals surface area contributed by atoms with Crippen LogP contribution in [0.2, 0.25) is 0 Å². The lowest BCUT2D eigenvalue weighted by atomic mass is 10.3. The average Bonchev–Trinajstić information content (AvgIpc) is 2.61. The Morgan fingerprint density at radius 3 is 2.71 bits per heavy atom. The van der Waals surface area contributed by atoms with Crippen molar-refractivity contribution in [2.24, 2.45) is 0 Å². The molecular weight excluding hydrogens is 370 g/mol. The summed E-state index contributed by atoms with van der Waals surface area (Å²) in [6.45, 7) is 0.589. The molecule has 0 unspecified atom stereocenters. The van der Waals surface area contributed by atoms with Gasteiger partial charge in [-0.25, -0.2) is 9.97 Å². The van der Waals surface area contributed by atoms with Crippen LogP contribution in [-0.4, -0.2) is 20.9 Å². The van der Waals surface area contributed by atoms with Crippen LogP contribution in [0.1, 0.15) is 16.1 Å². The van der Waals surface area contributed by atoms with Crippen LogP contribution in [0, 0.1) is 0 Å². The van der Waals surface area contributed by atoms with E-state index in [4.69, 9.17) is 0 Å². The molecule has 3 aromatic rings. The van der Waals surface area contributed by atoms with E-state index in [9.17, 15) is 4.79 Å². The first-order valence-electron chi connectivity index (χ1n) is 7.22. The van der Waals surface area contributed by atoms with Gasteiger partial charge < -0.3 is 10.6 Å². The zero-order valence-electron chi connectivity index (χ0n) is 12.6. The molecule has 0 saturated heterocycles. The molecule has 6 nitrogen and oxygen atoms in total. The minimum atomic E-state index is -0.306. The topological polar surface area (TPSA) is 79.8 Å². The quantitative estimate of drug-likeness (QED) is 0.704. The second-order valence-electron chi connectivity index (χ2n) is 4.97. The number of aromatic nitrogens is 3. The Kier molecular flexibility index (Phi) is 5.12. The highest BCUT2D eigenvalue weighted by Crippen LogP contribution is 2.16. The lowest BCUT2D eigenvalue weighted by Gasteiger charge is -2.07. The van der Waals surface area contributed by atoms with E-state index in [1.165, 1.54) is 12.4 Å². The van der Waals surface area contributed by atoms with E-state index in [1.54, 1.807) is 18.5 Å². The predicted octanol–water partition coefficient (Wildman–Crippen LogP) is 3.50. The van der Waals surface area contributed by atoms with Gasteiger partial charge in [0.25, 0.3) is 5.91 Å². The molecule has 0 bridgehead atoms. The highest BCUT2D eigenvalue weighted by molar-refractivity contribution is 9.10. The molecule has 1 amide bonds. The number of amides is 1. The van der Waals surface area contributed by atoms with E-state index >= 15 is 0 Å². The highest BCUT2D eigenvalue weighted by Gasteiger charge is 2.08. The first-order chi connectivity index (χ1) is 11.7. The molecule has 1 aromatic carbocycles. The van der Waals surface area contributed by atoms with Gasteiger partial charge in [0.1, 0.15) is 11.5 Å². The fraction of sp³-hybridized carbons (Fsp3) is 0.0588. The van der Waals surface area contributed by atoms with Crippen molar-refractivity contribution >= 4 is 33.3 Å². The summed E-state index contributed by atoms with van der Waals surface area (Å²) in [6, 6.07) is 11.2. The van der Waals surface area contributed by atoms with Crippen molar-refractivity contribution in [3.05, 3.63) is 76.9 Å². The number of nitrogens with one attached hydrogen (secondary N) is 2. The van der Waals surface area contributed by atoms with Crippen LogP contribution in [0.3, 0.4) is 0 Å². The fourth-order valence-corrected chi connectivity index (χ4v) is 2.39. The van der Waals surface area contributed by atoms with E-state index in [-0.39, 0.29) is 11.6 Å². The van der Waals surface area contributed by atoms with Crippen molar-refractivity contribution in [2.45, 2.75) is 6.54 Å². The van der Waals surface area contributed by atoms with Gasteiger partial charge in [0.15, 0.2) is 0 Å². The van der Waals surface area contributed by atoms with Gasteiger partial charge >= 0.3 is 0 Å². The predicted molar refractivity (Wildman–Crippen MR) is 95.7 cm³/mol. The van der Waals surface area contributed by atoms with Gasteiger partial charge in [-0.05, 0) is 29.8 Å². The number of anilines is 2. The summed E-state index contributed by atoms with van der Waals surface area (Å²) in [5, 5.41) is 5.91. The molecule has 0 atom stereocenters. The smallest absolute Gasteiger partial charge is 0.275 e. The molecule has 0 fully saturated rings. The van der Waals surface area contributed by atoms with Crippen LogP contribution in [0.25, 0.3) is 0 Å². The summed E-state index contributed by atoms with van der Waals surface area (Å²) in [5.74, 6) is 0.289. The number of carbonyl (C=O) groups excluding carboxylic acids is 1. The molecule has 0 radical (unpaired) electrons. The Morgan fingerprint density at radius 2 is 2.00 bits per heavy atom. The largest absolute Gasteiger partial charge is 0.365 e. The van der Waals surface area contributed by atoms with E-state index in [0.717, 1.165) is 10.0 Å². The molecular formula is C17H14BrN5O. The SMILES string of the molecule is O=C(Nc1cccc(Br)c1)c1cnc(NCc2cccnc2)cn1. The van der Waals surface area contributed by atoms with Gasteiger partial charge in [-0.3, -0.25) is 9.78 Å². The first-order valence-corrected chi connectivity index (χ1v) is 8.02. The van der Waals surface area contributed by atoms with Gasteiger partial charge in [-0.15, -0.1) is 0 Å². The molecule has 0 saturated carbocycles. The second kappa shape index (κ2) is 7.65. The zero-order chi connectivity index (χ0) is 16.8. The number of nitrogens with zero attached hydrogens (tertiary/aromatic N) is 3. The van der Waals surface area contributed by atoms with Crippen LogP contribution in [0.15, 0.2) is 65.7 Å². The minimum Gasteiger partial charge on any atom is -0.365 e. The monoisotopic (exact) mass is 383 g/mol. The number of rotatable bonds is 5. The number of halogens is 1. The minimum absolute atomic E-state index is 0.252. The molecule has 0 aliphatic heterocycles. The number of carbonyl (C=O) groups is 1. The molecule has 2 heterocycles. The molecule has 0 aliphatic carbocycles. The Morgan fingerprint density at radius 1 is 1.08 bits per heavy atom. The second-order valence-corrected chi connectivity index (χ2v) is 5.88. The molecule has 120 valence electrons. The maximum absolute atomic E-state index is 12.2. The van der Waals surface area contributed by atoms with Crippen molar-refractivity contribution in [2.75, 3.05) is 10.6 Å². The fourth-order valence-electron chi connectivity index (χ4n) is 1.99. The Bertz CT molecular complexity index is 824. The van der Waals surface area contributed by atoms with Gasteiger partial charge in [-0.2, -0.15) is 0 Å². The van der Waals surface area contributed by atoms with Crippen molar-refractivity contribution in [1.29, 1.82) is 0 Å². The number of hydrogen-bond acceptors (Lipinski definition) is 5. The molecule has 7 heteroatoms. The molecule has 24 heavy (non-hydrogen) atoms. The van der Waals surface area contributed by atoms with Crippen molar-refractivity contribution in [1.82, 2.24) is 15.0 Å². The van der Waals surface area contributed by atoms with Crippen molar-refractivity contribution in [3.8, 4) is 0 Å². The molecule has 2 aromatic heterocycles. The maximum atomic E-state index is 12.2. The summed E-state index contributed by atoms with van der Waals surface area (Å²) in [4.78, 5) is 24.6. The Balaban J connectivity index is 1.60. The number of hydrogen-bond donors (Lipinski definition) is 2. The normalized spacial score (nSPS) is 10.2. The van der Waals surface area contributed by atoms with E-state index in [0.29, 0.717) is 18.1 Å². The van der Waals surface area contributed by atoms with Crippen LogP contribution in [0.4, 0.5) is 11.5 Å². The third-order valence-corrected chi connectivity index (χ3v) is 3.66. The lowest BCUT2D eigenvalue weighted by molar-refractivity contribution is 0.102. The van der Waals surface area contributed by atoms with E-state index < -0.39 is 0 Å². The van der Waals surface area contributed by atoms with Crippen LogP contribution in [-0.2, 0) is 6.54 Å². The molecule has 2 N–H and O–H groups in total. The average molecular weight is 384 g/mol. The number of pyridine rings is 1. The van der Waals surface area contributed by atoms with E-state index in [1.807, 2.05) is 30.3 Å². The van der Waals surface area contributed by atoms with Crippen molar-refractivity contribution < 1.29 is 4.79 Å². The summed E-state index contributed by atoms with van der Waals surface area (Å²) in [5.41, 5.74) is 1.98. The van der Waals surface area contributed by atoms with Crippen LogP contribution >= 0.6 is 15.9 Å². The summed E-state index contributed by atoms with van der Waals surface area (Å²) in [7, 11) is 0. The van der Waals surface area contributed by atoms with E-state index in [2.05, 4.69) is 41.5 Å². The van der Waals surface area contributed by atoms with Gasteiger partial charge in [0.05, 0.1) is 12.4 Å². The Labute approximate surface area is 147 Å². The standard InChI is InChI=1S/C17H14BrN5O/c18-13-4-1-5-14(7-13)23-17(24)15-10-22-16(11-20-15)21-9-12-3-2-6-19-8-12/h1-8,10-11H,9H2,(H,21,22)(H,23,24). The van der Waals surface area contributed by atoms with Gasteiger partial charge in [0, 0.05) is 29.1 Å². The summed E-state index contributed by atoms with van der Waals surface area (Å²) < 4.78 is 0.890. The lowest BCUT2D eigenvalue weighted by Crippen LogP contribution is -2.14. The Hall–Kier alpha value is -2.80. The third kappa shape index (κ3) is 4.36. The van der Waals surface area contributed by atoms with Crippen LogP contribution in [0.5, 0.6) is 0 Å². The molecule has 0 spiro atoms. The zero-order valence-corrected chi connectivity index (χ0v) is 14.2. The first kappa shape index (κ1) is 16.1. The number of benzene rings is 1.